The molecule has 0 radical (unpaired) electrons. The van der Waals surface area contributed by atoms with Gasteiger partial charge in [0.15, 0.2) is 0 Å². The van der Waals surface area contributed by atoms with Gasteiger partial charge in [-0.2, -0.15) is 0 Å². The van der Waals surface area contributed by atoms with E-state index in [0.29, 0.717) is 38.6 Å². The van der Waals surface area contributed by atoms with E-state index in [1.54, 1.807) is 36.4 Å². The van der Waals surface area contributed by atoms with Crippen LogP contribution < -0.4 is 16.0 Å². The number of hydrogen-bond acceptors (Lipinski definition) is 3. The Hall–Kier alpha value is -1.99. The van der Waals surface area contributed by atoms with Crippen LogP contribution in [0.4, 0.5) is 16.2 Å². The van der Waals surface area contributed by atoms with Gasteiger partial charge in [0.05, 0.1) is 20.8 Å². The van der Waals surface area contributed by atoms with Gasteiger partial charge < -0.3 is 20.9 Å². The summed E-state index contributed by atoms with van der Waals surface area (Å²) in [6, 6.07) is 9.02. The fourth-order valence-corrected chi connectivity index (χ4v) is 4.05. The second-order valence-corrected chi connectivity index (χ2v) is 8.99. The second-order valence-electron chi connectivity index (χ2n) is 7.77. The third kappa shape index (κ3) is 7.55. The molecule has 2 aromatic rings. The molecule has 32 heavy (non-hydrogen) atoms. The summed E-state index contributed by atoms with van der Waals surface area (Å²) in [6.07, 6.45) is 6.03. The number of halogens is 3. The molecule has 0 unspecified atom stereocenters. The number of nitrogens with zero attached hydrogens (tertiary/aromatic N) is 1. The standard InChI is InChI=1S/C23H27Cl3N4O2/c24-18-9-7-17(15-20(18)26)28-23(32)29-21-14-16(6-8-19(21)25)22(31)27-10-5-13-30-11-3-1-2-4-12-30/h6-9,14-15H,1-5,10-13H2,(H,27,31)(H2,28,29,32). The Morgan fingerprint density at radius 2 is 1.56 bits per heavy atom. The van der Waals surface area contributed by atoms with Gasteiger partial charge in [-0.1, -0.05) is 47.6 Å². The fraction of sp³-hybridized carbons (Fsp3) is 0.391. The van der Waals surface area contributed by atoms with Gasteiger partial charge in [0.25, 0.3) is 5.91 Å². The van der Waals surface area contributed by atoms with Crippen LogP contribution in [0.3, 0.4) is 0 Å². The van der Waals surface area contributed by atoms with Crippen molar-refractivity contribution in [3.63, 3.8) is 0 Å². The molecule has 0 atom stereocenters. The highest BCUT2D eigenvalue weighted by atomic mass is 35.5. The molecule has 3 N–H and O–H groups in total. The van der Waals surface area contributed by atoms with Crippen molar-refractivity contribution in [2.45, 2.75) is 32.1 Å². The van der Waals surface area contributed by atoms with E-state index in [9.17, 15) is 9.59 Å². The molecule has 0 aliphatic carbocycles. The maximum atomic E-state index is 12.5. The van der Waals surface area contributed by atoms with Gasteiger partial charge in [-0.05, 0) is 75.3 Å². The van der Waals surface area contributed by atoms with E-state index in [0.717, 1.165) is 26.1 Å². The van der Waals surface area contributed by atoms with Crippen molar-refractivity contribution in [1.82, 2.24) is 10.2 Å². The molecule has 172 valence electrons. The molecule has 1 aliphatic rings. The Morgan fingerprint density at radius 3 is 2.28 bits per heavy atom. The van der Waals surface area contributed by atoms with Gasteiger partial charge in [0, 0.05) is 17.8 Å². The van der Waals surface area contributed by atoms with E-state index in [2.05, 4.69) is 20.9 Å². The van der Waals surface area contributed by atoms with Crippen LogP contribution in [0.5, 0.6) is 0 Å². The smallest absolute Gasteiger partial charge is 0.323 e. The number of benzene rings is 2. The average Bonchev–Trinajstić information content (AvgIpc) is 3.04. The molecule has 1 fully saturated rings. The molecular weight excluding hydrogens is 471 g/mol. The van der Waals surface area contributed by atoms with Crippen molar-refractivity contribution >= 4 is 58.1 Å². The summed E-state index contributed by atoms with van der Waals surface area (Å²) in [5, 5.41) is 9.31. The lowest BCUT2D eigenvalue weighted by molar-refractivity contribution is 0.0951. The number of likely N-dealkylation sites (tertiary alicyclic amines) is 1. The lowest BCUT2D eigenvalue weighted by Gasteiger charge is -2.19. The zero-order valence-electron chi connectivity index (χ0n) is 17.7. The molecular formula is C23H27Cl3N4O2. The topological polar surface area (TPSA) is 73.5 Å². The summed E-state index contributed by atoms with van der Waals surface area (Å²) in [7, 11) is 0. The maximum absolute atomic E-state index is 12.5. The number of urea groups is 1. The fourth-order valence-electron chi connectivity index (χ4n) is 3.59. The van der Waals surface area contributed by atoms with Crippen LogP contribution in [-0.4, -0.2) is 43.0 Å². The lowest BCUT2D eigenvalue weighted by Crippen LogP contribution is -2.30. The zero-order valence-corrected chi connectivity index (χ0v) is 20.0. The van der Waals surface area contributed by atoms with Crippen LogP contribution >= 0.6 is 34.8 Å². The number of hydrogen-bond donors (Lipinski definition) is 3. The van der Waals surface area contributed by atoms with Crippen LogP contribution in [0.2, 0.25) is 15.1 Å². The first-order chi connectivity index (χ1) is 15.4. The number of carbonyl (C=O) groups is 2. The third-order valence-corrected chi connectivity index (χ3v) is 6.36. The highest BCUT2D eigenvalue weighted by molar-refractivity contribution is 6.42. The van der Waals surface area contributed by atoms with Crippen molar-refractivity contribution in [2.75, 3.05) is 36.8 Å². The molecule has 0 saturated carbocycles. The van der Waals surface area contributed by atoms with Gasteiger partial charge in [0.1, 0.15) is 0 Å². The van der Waals surface area contributed by atoms with E-state index in [1.807, 2.05) is 0 Å². The predicted octanol–water partition coefficient (Wildman–Crippen LogP) is 6.29. The highest BCUT2D eigenvalue weighted by Gasteiger charge is 2.13. The van der Waals surface area contributed by atoms with Crippen molar-refractivity contribution in [3.05, 3.63) is 57.0 Å². The molecule has 1 heterocycles. The molecule has 0 spiro atoms. The van der Waals surface area contributed by atoms with Crippen LogP contribution in [0.15, 0.2) is 36.4 Å². The Labute approximate surface area is 203 Å². The Morgan fingerprint density at radius 1 is 0.844 bits per heavy atom. The minimum atomic E-state index is -0.514. The van der Waals surface area contributed by atoms with Crippen LogP contribution in [0.25, 0.3) is 0 Å². The summed E-state index contributed by atoms with van der Waals surface area (Å²) in [5.74, 6) is -0.203. The first-order valence-corrected chi connectivity index (χ1v) is 11.9. The molecule has 1 aliphatic heterocycles. The predicted molar refractivity (Wildman–Crippen MR) is 132 cm³/mol. The molecule has 1 saturated heterocycles. The van der Waals surface area contributed by atoms with Crippen LogP contribution in [0.1, 0.15) is 42.5 Å². The van der Waals surface area contributed by atoms with Gasteiger partial charge in [-0.25, -0.2) is 4.79 Å². The molecule has 0 bridgehead atoms. The molecule has 3 amide bonds. The average molecular weight is 498 g/mol. The van der Waals surface area contributed by atoms with E-state index in [1.165, 1.54) is 25.7 Å². The van der Waals surface area contributed by atoms with Crippen LogP contribution in [-0.2, 0) is 0 Å². The molecule has 0 aromatic heterocycles. The van der Waals surface area contributed by atoms with E-state index in [-0.39, 0.29) is 5.91 Å². The van der Waals surface area contributed by atoms with Crippen molar-refractivity contribution in [1.29, 1.82) is 0 Å². The SMILES string of the molecule is O=C(Nc1ccc(Cl)c(Cl)c1)Nc1cc(C(=O)NCCCN2CCCCCC2)ccc1Cl. The first kappa shape index (κ1) is 24.6. The summed E-state index contributed by atoms with van der Waals surface area (Å²) < 4.78 is 0. The van der Waals surface area contributed by atoms with Gasteiger partial charge in [-0.3, -0.25) is 4.79 Å². The largest absolute Gasteiger partial charge is 0.352 e. The Balaban J connectivity index is 1.50. The molecule has 3 rings (SSSR count). The minimum Gasteiger partial charge on any atom is -0.352 e. The normalized spacial score (nSPS) is 14.5. The zero-order chi connectivity index (χ0) is 22.9. The quantitative estimate of drug-likeness (QED) is 0.394. The first-order valence-electron chi connectivity index (χ1n) is 10.8. The number of anilines is 2. The molecule has 2 aromatic carbocycles. The van der Waals surface area contributed by atoms with E-state index in [4.69, 9.17) is 34.8 Å². The Bertz CT molecular complexity index is 947. The lowest BCUT2D eigenvalue weighted by atomic mass is 10.2. The van der Waals surface area contributed by atoms with Crippen molar-refractivity contribution in [3.8, 4) is 0 Å². The highest BCUT2D eigenvalue weighted by Crippen LogP contribution is 2.26. The number of rotatable bonds is 7. The summed E-state index contributed by atoms with van der Waals surface area (Å²) in [5.41, 5.74) is 1.24. The third-order valence-electron chi connectivity index (χ3n) is 5.29. The van der Waals surface area contributed by atoms with E-state index < -0.39 is 6.03 Å². The summed E-state index contributed by atoms with van der Waals surface area (Å²) >= 11 is 18.1. The minimum absolute atomic E-state index is 0.203. The van der Waals surface area contributed by atoms with Crippen LogP contribution in [0, 0.1) is 0 Å². The number of carbonyl (C=O) groups excluding carboxylic acids is 2. The monoisotopic (exact) mass is 496 g/mol. The molecule has 9 heteroatoms. The molecule has 6 nitrogen and oxygen atoms in total. The maximum Gasteiger partial charge on any atom is 0.323 e. The summed E-state index contributed by atoms with van der Waals surface area (Å²) in [4.78, 5) is 27.3. The van der Waals surface area contributed by atoms with Crippen molar-refractivity contribution in [2.24, 2.45) is 0 Å². The second kappa shape index (κ2) is 12.3. The summed E-state index contributed by atoms with van der Waals surface area (Å²) in [6.45, 7) is 3.87. The van der Waals surface area contributed by atoms with Gasteiger partial charge in [0.2, 0.25) is 0 Å². The van der Waals surface area contributed by atoms with Gasteiger partial charge >= 0.3 is 6.03 Å². The Kier molecular flexibility index (Phi) is 9.48. The number of nitrogens with one attached hydrogen (secondary N) is 3. The number of amides is 3. The van der Waals surface area contributed by atoms with Crippen molar-refractivity contribution < 1.29 is 9.59 Å². The van der Waals surface area contributed by atoms with Gasteiger partial charge in [-0.15, -0.1) is 0 Å². The van der Waals surface area contributed by atoms with E-state index >= 15 is 0 Å².